The van der Waals surface area contributed by atoms with Crippen LogP contribution in [0.2, 0.25) is 0 Å². The van der Waals surface area contributed by atoms with Crippen LogP contribution in [0.15, 0.2) is 48.5 Å². The van der Waals surface area contributed by atoms with E-state index in [-0.39, 0.29) is 6.10 Å². The van der Waals surface area contributed by atoms with E-state index >= 15 is 0 Å². The number of anilines is 1. The average molecular weight is 227 g/mol. The number of hydrogen-bond acceptors (Lipinski definition) is 2. The maximum absolute atomic E-state index is 5.89. The van der Waals surface area contributed by atoms with Gasteiger partial charge < -0.3 is 10.5 Å². The lowest BCUT2D eigenvalue weighted by Crippen LogP contribution is -2.07. The summed E-state index contributed by atoms with van der Waals surface area (Å²) < 4.78 is 5.68. The van der Waals surface area contributed by atoms with Crippen molar-refractivity contribution in [2.24, 2.45) is 0 Å². The first-order chi connectivity index (χ1) is 8.16. The normalized spacial score (nSPS) is 10.5. The maximum atomic E-state index is 5.89. The van der Waals surface area contributed by atoms with Crippen molar-refractivity contribution >= 4 is 5.69 Å². The van der Waals surface area contributed by atoms with Gasteiger partial charge in [-0.25, -0.2) is 0 Å². The molecule has 0 radical (unpaired) electrons. The molecule has 0 unspecified atom stereocenters. The van der Waals surface area contributed by atoms with Gasteiger partial charge in [0.25, 0.3) is 0 Å². The van der Waals surface area contributed by atoms with Crippen LogP contribution in [0.5, 0.6) is 5.75 Å². The van der Waals surface area contributed by atoms with Crippen LogP contribution >= 0.6 is 0 Å². The maximum Gasteiger partial charge on any atom is 0.143 e. The molecule has 2 rings (SSSR count). The molecule has 0 bridgehead atoms. The molecule has 2 N–H and O–H groups in total. The van der Waals surface area contributed by atoms with Gasteiger partial charge in [0.2, 0.25) is 0 Å². The molecule has 17 heavy (non-hydrogen) atoms. The first-order valence-corrected chi connectivity index (χ1v) is 5.78. The molecule has 0 fully saturated rings. The highest BCUT2D eigenvalue weighted by molar-refractivity contribution is 5.69. The summed E-state index contributed by atoms with van der Waals surface area (Å²) in [6.07, 6.45) is 0.128. The molecule has 0 saturated carbocycles. The first kappa shape index (κ1) is 11.5. The van der Waals surface area contributed by atoms with E-state index in [4.69, 9.17) is 10.5 Å². The number of ether oxygens (including phenoxy) is 1. The summed E-state index contributed by atoms with van der Waals surface area (Å²) in [6.45, 7) is 3.99. The van der Waals surface area contributed by atoms with E-state index in [0.717, 1.165) is 11.3 Å². The number of hydrogen-bond donors (Lipinski definition) is 1. The second-order valence-corrected chi connectivity index (χ2v) is 4.29. The molecule has 0 amide bonds. The lowest BCUT2D eigenvalue weighted by Gasteiger charge is -2.13. The molecular weight excluding hydrogens is 210 g/mol. The summed E-state index contributed by atoms with van der Waals surface area (Å²) >= 11 is 0. The van der Waals surface area contributed by atoms with Crippen molar-refractivity contribution in [3.05, 3.63) is 48.5 Å². The zero-order valence-corrected chi connectivity index (χ0v) is 10.2. The summed E-state index contributed by atoms with van der Waals surface area (Å²) in [5.41, 5.74) is 8.86. The number of nitrogen functional groups attached to an aromatic ring is 1. The van der Waals surface area contributed by atoms with Crippen LogP contribution in [0.1, 0.15) is 13.8 Å². The Morgan fingerprint density at radius 3 is 2.29 bits per heavy atom. The van der Waals surface area contributed by atoms with Crippen molar-refractivity contribution in [3.63, 3.8) is 0 Å². The van der Waals surface area contributed by atoms with Gasteiger partial charge in [0.05, 0.1) is 11.8 Å². The molecule has 2 aromatic rings. The predicted molar refractivity (Wildman–Crippen MR) is 72.1 cm³/mol. The molecule has 2 aromatic carbocycles. The van der Waals surface area contributed by atoms with Crippen molar-refractivity contribution < 1.29 is 4.74 Å². The zero-order valence-electron chi connectivity index (χ0n) is 10.2. The summed E-state index contributed by atoms with van der Waals surface area (Å²) in [7, 11) is 0. The summed E-state index contributed by atoms with van der Waals surface area (Å²) in [5, 5.41) is 0. The van der Waals surface area contributed by atoms with Gasteiger partial charge in [-0.2, -0.15) is 0 Å². The van der Waals surface area contributed by atoms with Gasteiger partial charge in [-0.05, 0) is 37.1 Å². The molecule has 0 spiro atoms. The predicted octanol–water partition coefficient (Wildman–Crippen LogP) is 3.72. The Balaban J connectivity index is 2.37. The van der Waals surface area contributed by atoms with E-state index in [0.29, 0.717) is 5.69 Å². The van der Waals surface area contributed by atoms with Gasteiger partial charge in [0.15, 0.2) is 0 Å². The third kappa shape index (κ3) is 2.78. The largest absolute Gasteiger partial charge is 0.489 e. The molecule has 0 aliphatic heterocycles. The van der Waals surface area contributed by atoms with Crippen molar-refractivity contribution in [2.75, 3.05) is 5.73 Å². The minimum Gasteiger partial charge on any atom is -0.489 e. The van der Waals surface area contributed by atoms with E-state index in [1.54, 1.807) is 0 Å². The van der Waals surface area contributed by atoms with Crippen LogP contribution in [0.4, 0.5) is 5.69 Å². The molecule has 88 valence electrons. The van der Waals surface area contributed by atoms with Gasteiger partial charge in [0.1, 0.15) is 5.75 Å². The zero-order chi connectivity index (χ0) is 12.3. The fourth-order valence-corrected chi connectivity index (χ4v) is 1.70. The number of nitrogens with two attached hydrogens (primary N) is 1. The highest BCUT2D eigenvalue weighted by Gasteiger charge is 2.05. The Labute approximate surface area is 102 Å². The lowest BCUT2D eigenvalue weighted by atomic mass is 10.1. The first-order valence-electron chi connectivity index (χ1n) is 5.78. The van der Waals surface area contributed by atoms with Crippen LogP contribution in [-0.4, -0.2) is 6.10 Å². The van der Waals surface area contributed by atoms with Gasteiger partial charge in [-0.15, -0.1) is 0 Å². The van der Waals surface area contributed by atoms with Crippen LogP contribution in [0.25, 0.3) is 11.1 Å². The number of benzene rings is 2. The molecule has 0 aliphatic carbocycles. The van der Waals surface area contributed by atoms with Crippen LogP contribution < -0.4 is 10.5 Å². The molecule has 0 aliphatic rings. The lowest BCUT2D eigenvalue weighted by molar-refractivity contribution is 0.244. The monoisotopic (exact) mass is 227 g/mol. The molecule has 0 heterocycles. The second-order valence-electron chi connectivity index (χ2n) is 4.29. The molecule has 0 saturated heterocycles. The third-order valence-electron chi connectivity index (χ3n) is 2.48. The Kier molecular flexibility index (Phi) is 3.33. The highest BCUT2D eigenvalue weighted by Crippen LogP contribution is 2.29. The van der Waals surface area contributed by atoms with Gasteiger partial charge in [0, 0.05) is 0 Å². The molecule has 0 atom stereocenters. The summed E-state index contributed by atoms with van der Waals surface area (Å²) in [5.74, 6) is 0.751. The van der Waals surface area contributed by atoms with E-state index in [9.17, 15) is 0 Å². The fourth-order valence-electron chi connectivity index (χ4n) is 1.70. The van der Waals surface area contributed by atoms with E-state index in [1.807, 2.05) is 50.2 Å². The second kappa shape index (κ2) is 4.91. The Morgan fingerprint density at radius 2 is 1.65 bits per heavy atom. The van der Waals surface area contributed by atoms with E-state index in [1.165, 1.54) is 5.56 Å². The van der Waals surface area contributed by atoms with Gasteiger partial charge in [-0.3, -0.25) is 0 Å². The Morgan fingerprint density at radius 1 is 0.941 bits per heavy atom. The van der Waals surface area contributed by atoms with Crippen LogP contribution in [0.3, 0.4) is 0 Å². The van der Waals surface area contributed by atoms with Crippen molar-refractivity contribution in [1.82, 2.24) is 0 Å². The quantitative estimate of drug-likeness (QED) is 0.811. The molecular formula is C15H17NO. The minimum atomic E-state index is 0.128. The molecule has 2 nitrogen and oxygen atoms in total. The fraction of sp³-hybridized carbons (Fsp3) is 0.200. The topological polar surface area (TPSA) is 35.2 Å². The van der Waals surface area contributed by atoms with E-state index < -0.39 is 0 Å². The number of rotatable bonds is 3. The minimum absolute atomic E-state index is 0.128. The van der Waals surface area contributed by atoms with Gasteiger partial charge in [-0.1, -0.05) is 36.4 Å². The average Bonchev–Trinajstić information content (AvgIpc) is 2.32. The summed E-state index contributed by atoms with van der Waals surface area (Å²) in [6, 6.07) is 16.1. The SMILES string of the molecule is CC(C)Oc1cc(-c2ccccc2)ccc1N. The standard InChI is InChI=1S/C15H17NO/c1-11(2)17-15-10-13(8-9-14(15)16)12-6-4-3-5-7-12/h3-11H,16H2,1-2H3. The molecule has 0 aromatic heterocycles. The van der Waals surface area contributed by atoms with Crippen LogP contribution in [-0.2, 0) is 0 Å². The Hall–Kier alpha value is -1.96. The van der Waals surface area contributed by atoms with Crippen molar-refractivity contribution in [1.29, 1.82) is 0 Å². The smallest absolute Gasteiger partial charge is 0.143 e. The molecule has 2 heteroatoms. The van der Waals surface area contributed by atoms with Crippen molar-refractivity contribution in [2.45, 2.75) is 20.0 Å². The Bertz CT molecular complexity index is 492. The van der Waals surface area contributed by atoms with Gasteiger partial charge >= 0.3 is 0 Å². The summed E-state index contributed by atoms with van der Waals surface area (Å²) in [4.78, 5) is 0. The van der Waals surface area contributed by atoms with Crippen molar-refractivity contribution in [3.8, 4) is 16.9 Å². The van der Waals surface area contributed by atoms with E-state index in [2.05, 4.69) is 12.1 Å². The van der Waals surface area contributed by atoms with Crippen LogP contribution in [0, 0.1) is 0 Å². The third-order valence-corrected chi connectivity index (χ3v) is 2.48. The highest BCUT2D eigenvalue weighted by atomic mass is 16.5.